The summed E-state index contributed by atoms with van der Waals surface area (Å²) in [5.74, 6) is 0.836. The van der Waals surface area contributed by atoms with Crippen LogP contribution >= 0.6 is 11.6 Å². The molecule has 0 bridgehead atoms. The Morgan fingerprint density at radius 3 is 2.88 bits per heavy atom. The van der Waals surface area contributed by atoms with Gasteiger partial charge in [-0.05, 0) is 37.3 Å². The maximum atomic E-state index is 12.3. The number of methoxy groups -OCH3 is 1. The van der Waals surface area contributed by atoms with E-state index in [1.165, 1.54) is 0 Å². The molecule has 2 aromatic heterocycles. The van der Waals surface area contributed by atoms with Crippen LogP contribution in [0.2, 0.25) is 5.02 Å². The van der Waals surface area contributed by atoms with Gasteiger partial charge in [0.1, 0.15) is 5.75 Å². The summed E-state index contributed by atoms with van der Waals surface area (Å²) in [4.78, 5) is 16.5. The molecule has 0 unspecified atom stereocenters. The molecule has 1 amide bonds. The summed E-state index contributed by atoms with van der Waals surface area (Å²) in [6.45, 7) is 1.91. The fourth-order valence-corrected chi connectivity index (χ4v) is 2.67. The Balaban J connectivity index is 1.75. The average Bonchev–Trinajstić information content (AvgIpc) is 2.95. The van der Waals surface area contributed by atoms with Crippen LogP contribution in [0, 0.1) is 6.92 Å². The third-order valence-electron chi connectivity index (χ3n) is 3.60. The van der Waals surface area contributed by atoms with Crippen molar-refractivity contribution in [1.29, 1.82) is 0 Å². The molecule has 0 radical (unpaired) electrons. The number of carbonyl (C=O) groups is 1. The molecule has 0 atom stereocenters. The third kappa shape index (κ3) is 3.97. The highest BCUT2D eigenvalue weighted by atomic mass is 35.5. The van der Waals surface area contributed by atoms with Crippen LogP contribution < -0.4 is 10.1 Å². The summed E-state index contributed by atoms with van der Waals surface area (Å²) in [7, 11) is 1.55. The van der Waals surface area contributed by atoms with Crippen molar-refractivity contribution in [3.8, 4) is 11.4 Å². The van der Waals surface area contributed by atoms with Crippen molar-refractivity contribution in [2.24, 2.45) is 0 Å². The lowest BCUT2D eigenvalue weighted by atomic mass is 10.2. The van der Waals surface area contributed by atoms with Gasteiger partial charge in [0.2, 0.25) is 5.91 Å². The molecule has 1 aromatic carbocycles. The summed E-state index contributed by atoms with van der Waals surface area (Å²) in [6, 6.07) is 12.7. The van der Waals surface area contributed by atoms with Crippen LogP contribution in [-0.4, -0.2) is 27.8 Å². The van der Waals surface area contributed by atoms with Crippen molar-refractivity contribution in [3.05, 3.63) is 65.1 Å². The third-order valence-corrected chi connectivity index (χ3v) is 3.84. The van der Waals surface area contributed by atoms with Crippen molar-refractivity contribution in [2.75, 3.05) is 12.4 Å². The first-order valence-electron chi connectivity index (χ1n) is 7.67. The number of rotatable bonds is 5. The Morgan fingerprint density at radius 1 is 1.28 bits per heavy atom. The topological polar surface area (TPSA) is 69.0 Å². The van der Waals surface area contributed by atoms with E-state index in [4.69, 9.17) is 16.3 Å². The molecule has 0 saturated heterocycles. The van der Waals surface area contributed by atoms with E-state index in [0.717, 1.165) is 11.4 Å². The van der Waals surface area contributed by atoms with Crippen molar-refractivity contribution < 1.29 is 9.53 Å². The first-order valence-corrected chi connectivity index (χ1v) is 8.05. The lowest BCUT2D eigenvalue weighted by Gasteiger charge is -2.07. The number of anilines is 1. The smallest absolute Gasteiger partial charge is 0.231 e. The monoisotopic (exact) mass is 356 g/mol. The second-order valence-corrected chi connectivity index (χ2v) is 5.88. The molecule has 3 rings (SSSR count). The van der Waals surface area contributed by atoms with Crippen LogP contribution in [0.5, 0.6) is 5.75 Å². The lowest BCUT2D eigenvalue weighted by Crippen LogP contribution is -2.16. The summed E-state index contributed by atoms with van der Waals surface area (Å²) < 4.78 is 6.94. The maximum absolute atomic E-state index is 12.3. The van der Waals surface area contributed by atoms with Crippen LogP contribution in [0.3, 0.4) is 0 Å². The second-order valence-electron chi connectivity index (χ2n) is 5.44. The molecule has 0 spiro atoms. The molecule has 0 saturated carbocycles. The van der Waals surface area contributed by atoms with E-state index in [1.807, 2.05) is 25.1 Å². The molecule has 7 heteroatoms. The van der Waals surface area contributed by atoms with Crippen molar-refractivity contribution in [3.63, 3.8) is 0 Å². The fraction of sp³-hybridized carbons (Fsp3) is 0.167. The SMILES string of the molecule is COc1cccnc1CC(=O)Nc1cc(C)n(-c2cccc(Cl)c2)n1. The molecule has 0 aliphatic heterocycles. The van der Waals surface area contributed by atoms with Gasteiger partial charge in [0.25, 0.3) is 0 Å². The molecule has 6 nitrogen and oxygen atoms in total. The first-order chi connectivity index (χ1) is 12.1. The molecule has 1 N–H and O–H groups in total. The van der Waals surface area contributed by atoms with E-state index >= 15 is 0 Å². The Bertz CT molecular complexity index is 908. The van der Waals surface area contributed by atoms with Gasteiger partial charge in [0.05, 0.1) is 24.9 Å². The van der Waals surface area contributed by atoms with Gasteiger partial charge in [-0.1, -0.05) is 17.7 Å². The Hall–Kier alpha value is -2.86. The molecule has 25 heavy (non-hydrogen) atoms. The predicted octanol–water partition coefficient (Wildman–Crippen LogP) is 3.42. The highest BCUT2D eigenvalue weighted by Crippen LogP contribution is 2.19. The number of hydrogen-bond donors (Lipinski definition) is 1. The largest absolute Gasteiger partial charge is 0.495 e. The zero-order valence-corrected chi connectivity index (χ0v) is 14.6. The minimum absolute atomic E-state index is 0.104. The number of halogens is 1. The van der Waals surface area contributed by atoms with Gasteiger partial charge in [-0.3, -0.25) is 9.78 Å². The molecule has 3 aromatic rings. The van der Waals surface area contributed by atoms with E-state index < -0.39 is 0 Å². The summed E-state index contributed by atoms with van der Waals surface area (Å²) in [5.41, 5.74) is 2.29. The maximum Gasteiger partial charge on any atom is 0.231 e. The standard InChI is InChI=1S/C18H17ClN4O2/c1-12-9-17(22-23(12)14-6-3-5-13(19)10-14)21-18(24)11-15-16(25-2)7-4-8-20-15/h3-10H,11H2,1-2H3,(H,21,22,24). The summed E-state index contributed by atoms with van der Waals surface area (Å²) >= 11 is 6.03. The second kappa shape index (κ2) is 7.36. The number of ether oxygens (including phenoxy) is 1. The quantitative estimate of drug-likeness (QED) is 0.760. The van der Waals surface area contributed by atoms with Crippen molar-refractivity contribution >= 4 is 23.3 Å². The van der Waals surface area contributed by atoms with Crippen LogP contribution in [0.15, 0.2) is 48.7 Å². The van der Waals surface area contributed by atoms with E-state index in [-0.39, 0.29) is 12.3 Å². The van der Waals surface area contributed by atoms with Gasteiger partial charge in [-0.15, -0.1) is 5.10 Å². The number of nitrogens with zero attached hydrogens (tertiary/aromatic N) is 3. The number of carbonyl (C=O) groups excluding carboxylic acids is 1. The Morgan fingerprint density at radius 2 is 2.12 bits per heavy atom. The number of pyridine rings is 1. The number of hydrogen-bond acceptors (Lipinski definition) is 4. The number of aromatic nitrogens is 3. The Labute approximate surface area is 150 Å². The van der Waals surface area contributed by atoms with Crippen molar-refractivity contribution in [2.45, 2.75) is 13.3 Å². The van der Waals surface area contributed by atoms with Gasteiger partial charge >= 0.3 is 0 Å². The highest BCUT2D eigenvalue weighted by Gasteiger charge is 2.13. The fourth-order valence-electron chi connectivity index (χ4n) is 2.49. The van der Waals surface area contributed by atoms with E-state index in [0.29, 0.717) is 22.3 Å². The van der Waals surface area contributed by atoms with Crippen LogP contribution in [-0.2, 0) is 11.2 Å². The zero-order chi connectivity index (χ0) is 17.8. The zero-order valence-electron chi connectivity index (χ0n) is 13.9. The van der Waals surface area contributed by atoms with E-state index in [1.54, 1.807) is 42.3 Å². The van der Waals surface area contributed by atoms with E-state index in [2.05, 4.69) is 15.4 Å². The number of benzene rings is 1. The minimum Gasteiger partial charge on any atom is -0.495 e. The molecule has 2 heterocycles. The number of aryl methyl sites for hydroxylation is 1. The highest BCUT2D eigenvalue weighted by molar-refractivity contribution is 6.30. The Kier molecular flexibility index (Phi) is 5.00. The summed E-state index contributed by atoms with van der Waals surface area (Å²) in [5, 5.41) is 7.83. The van der Waals surface area contributed by atoms with Gasteiger partial charge in [0, 0.05) is 23.0 Å². The van der Waals surface area contributed by atoms with Crippen molar-refractivity contribution in [1.82, 2.24) is 14.8 Å². The van der Waals surface area contributed by atoms with Crippen LogP contribution in [0.4, 0.5) is 5.82 Å². The normalized spacial score (nSPS) is 10.5. The first kappa shape index (κ1) is 17.0. The predicted molar refractivity (Wildman–Crippen MR) is 96.4 cm³/mol. The molecular formula is C18H17ClN4O2. The lowest BCUT2D eigenvalue weighted by molar-refractivity contribution is -0.115. The van der Waals surface area contributed by atoms with Gasteiger partial charge in [-0.2, -0.15) is 0 Å². The van der Waals surface area contributed by atoms with Crippen LogP contribution in [0.25, 0.3) is 5.69 Å². The molecular weight excluding hydrogens is 340 g/mol. The number of amides is 1. The average molecular weight is 357 g/mol. The molecule has 0 fully saturated rings. The number of nitrogens with one attached hydrogen (secondary N) is 1. The molecule has 128 valence electrons. The summed E-state index contributed by atoms with van der Waals surface area (Å²) in [6.07, 6.45) is 1.73. The van der Waals surface area contributed by atoms with Gasteiger partial charge in [-0.25, -0.2) is 4.68 Å². The van der Waals surface area contributed by atoms with E-state index in [9.17, 15) is 4.79 Å². The van der Waals surface area contributed by atoms with Gasteiger partial charge < -0.3 is 10.1 Å². The van der Waals surface area contributed by atoms with Gasteiger partial charge in [0.15, 0.2) is 5.82 Å². The van der Waals surface area contributed by atoms with Crippen LogP contribution in [0.1, 0.15) is 11.4 Å². The molecule has 0 aliphatic rings. The molecule has 0 aliphatic carbocycles. The minimum atomic E-state index is -0.215.